The Bertz CT molecular complexity index is 981. The third kappa shape index (κ3) is 3.56. The Labute approximate surface area is 170 Å². The summed E-state index contributed by atoms with van der Waals surface area (Å²) in [5.74, 6) is -0.225. The molecular weight excluding hydrogens is 368 g/mol. The number of benzene rings is 3. The minimum absolute atomic E-state index is 0.00643. The second-order valence-corrected chi connectivity index (χ2v) is 7.50. The van der Waals surface area contributed by atoms with Crippen LogP contribution >= 0.6 is 0 Å². The van der Waals surface area contributed by atoms with Gasteiger partial charge in [-0.1, -0.05) is 30.3 Å². The summed E-state index contributed by atoms with van der Waals surface area (Å²) in [6.07, 6.45) is 0. The molecule has 0 aliphatic carbocycles. The fourth-order valence-electron chi connectivity index (χ4n) is 3.87. The van der Waals surface area contributed by atoms with Crippen LogP contribution in [-0.4, -0.2) is 27.5 Å². The number of methoxy groups -OCH3 is 1. The molecule has 3 aromatic carbocycles. The van der Waals surface area contributed by atoms with E-state index in [-0.39, 0.29) is 28.7 Å². The van der Waals surface area contributed by atoms with Gasteiger partial charge in [-0.3, -0.25) is 0 Å². The van der Waals surface area contributed by atoms with Crippen molar-refractivity contribution in [3.63, 3.8) is 0 Å². The molecule has 0 saturated carbocycles. The second-order valence-electron chi connectivity index (χ2n) is 7.50. The Morgan fingerprint density at radius 1 is 0.655 bits per heavy atom. The number of hydrogen-bond acceptors (Lipinski definition) is 5. The van der Waals surface area contributed by atoms with Crippen molar-refractivity contribution in [3.05, 3.63) is 75.3 Å². The van der Waals surface area contributed by atoms with Crippen LogP contribution < -0.4 is 4.74 Å². The Balaban J connectivity index is 2.35. The van der Waals surface area contributed by atoms with E-state index in [0.717, 1.165) is 33.4 Å². The van der Waals surface area contributed by atoms with Crippen molar-refractivity contribution < 1.29 is 25.2 Å². The molecule has 0 radical (unpaired) electrons. The summed E-state index contributed by atoms with van der Waals surface area (Å²) in [7, 11) is 1.39. The number of phenols is 4. The summed E-state index contributed by atoms with van der Waals surface area (Å²) in [5, 5.41) is 41.3. The Morgan fingerprint density at radius 3 is 1.45 bits per heavy atom. The molecule has 0 heterocycles. The average molecular weight is 394 g/mol. The van der Waals surface area contributed by atoms with Crippen LogP contribution in [0, 0.1) is 27.7 Å². The van der Waals surface area contributed by atoms with Crippen molar-refractivity contribution in [3.8, 4) is 28.7 Å². The van der Waals surface area contributed by atoms with E-state index in [4.69, 9.17) is 4.74 Å². The third-order valence-corrected chi connectivity index (χ3v) is 5.35. The van der Waals surface area contributed by atoms with E-state index in [1.165, 1.54) is 13.2 Å². The molecule has 0 bridgehead atoms. The van der Waals surface area contributed by atoms with Crippen molar-refractivity contribution in [2.45, 2.75) is 33.6 Å². The lowest BCUT2D eigenvalue weighted by molar-refractivity contribution is 0.342. The van der Waals surface area contributed by atoms with Crippen LogP contribution in [0.25, 0.3) is 0 Å². The molecule has 29 heavy (non-hydrogen) atoms. The molecule has 4 N–H and O–H groups in total. The van der Waals surface area contributed by atoms with E-state index in [2.05, 4.69) is 0 Å². The molecule has 0 unspecified atom stereocenters. The first-order valence-corrected chi connectivity index (χ1v) is 9.34. The van der Waals surface area contributed by atoms with Gasteiger partial charge in [0.15, 0.2) is 11.5 Å². The standard InChI is InChI=1S/C24H26O5/c1-12-8-16(9-13(2)21(12)26)20(17-10-14(3)22(27)15(4)11-17)18-6-7-19(25)24(29-5)23(18)28/h6-11,20,25-28H,1-5H3. The first-order valence-electron chi connectivity index (χ1n) is 9.34. The Kier molecular flexibility index (Phi) is 5.33. The molecule has 152 valence electrons. The zero-order valence-corrected chi connectivity index (χ0v) is 17.2. The number of ether oxygens (including phenoxy) is 1. The normalized spacial score (nSPS) is 11.1. The number of aromatic hydroxyl groups is 4. The van der Waals surface area contributed by atoms with Crippen LogP contribution in [0.4, 0.5) is 0 Å². The molecule has 0 aliphatic rings. The molecule has 0 aliphatic heterocycles. The fourth-order valence-corrected chi connectivity index (χ4v) is 3.87. The van der Waals surface area contributed by atoms with Gasteiger partial charge in [-0.2, -0.15) is 0 Å². The average Bonchev–Trinajstić information content (AvgIpc) is 2.66. The van der Waals surface area contributed by atoms with Crippen LogP contribution in [-0.2, 0) is 0 Å². The molecule has 5 nitrogen and oxygen atoms in total. The fraction of sp³-hybridized carbons (Fsp3) is 0.250. The van der Waals surface area contributed by atoms with Gasteiger partial charge in [0.05, 0.1) is 7.11 Å². The highest BCUT2D eigenvalue weighted by Gasteiger charge is 2.25. The summed E-state index contributed by atoms with van der Waals surface area (Å²) in [4.78, 5) is 0. The zero-order valence-electron chi connectivity index (χ0n) is 17.2. The van der Waals surface area contributed by atoms with Gasteiger partial charge >= 0.3 is 0 Å². The number of rotatable bonds is 4. The van der Waals surface area contributed by atoms with Crippen LogP contribution in [0.2, 0.25) is 0 Å². The van der Waals surface area contributed by atoms with Gasteiger partial charge in [0.2, 0.25) is 5.75 Å². The first kappa shape index (κ1) is 20.4. The number of hydrogen-bond donors (Lipinski definition) is 4. The monoisotopic (exact) mass is 394 g/mol. The van der Waals surface area contributed by atoms with E-state index in [0.29, 0.717) is 5.56 Å². The zero-order chi connectivity index (χ0) is 21.5. The van der Waals surface area contributed by atoms with Gasteiger partial charge in [0.1, 0.15) is 11.5 Å². The van der Waals surface area contributed by atoms with Crippen LogP contribution in [0.5, 0.6) is 28.7 Å². The van der Waals surface area contributed by atoms with Crippen molar-refractivity contribution in [2.24, 2.45) is 0 Å². The lowest BCUT2D eigenvalue weighted by atomic mass is 9.82. The molecular formula is C24H26O5. The highest BCUT2D eigenvalue weighted by atomic mass is 16.5. The summed E-state index contributed by atoms with van der Waals surface area (Å²) in [6.45, 7) is 7.31. The summed E-state index contributed by atoms with van der Waals surface area (Å²) in [5.41, 5.74) is 5.18. The van der Waals surface area contributed by atoms with Gasteiger partial charge in [-0.15, -0.1) is 0 Å². The molecule has 0 fully saturated rings. The van der Waals surface area contributed by atoms with Crippen LogP contribution in [0.1, 0.15) is 44.9 Å². The molecule has 0 saturated heterocycles. The molecule has 0 amide bonds. The highest BCUT2D eigenvalue weighted by Crippen LogP contribution is 2.46. The quantitative estimate of drug-likeness (QED) is 0.471. The van der Waals surface area contributed by atoms with Crippen molar-refractivity contribution in [1.82, 2.24) is 0 Å². The molecule has 0 spiro atoms. The Hall–Kier alpha value is -3.34. The van der Waals surface area contributed by atoms with Crippen molar-refractivity contribution in [1.29, 1.82) is 0 Å². The third-order valence-electron chi connectivity index (χ3n) is 5.35. The second kappa shape index (κ2) is 7.59. The van der Waals surface area contributed by atoms with E-state index in [1.54, 1.807) is 6.07 Å². The summed E-state index contributed by atoms with van der Waals surface area (Å²) >= 11 is 0. The maximum Gasteiger partial charge on any atom is 0.203 e. The van der Waals surface area contributed by atoms with Gasteiger partial charge in [-0.25, -0.2) is 0 Å². The Morgan fingerprint density at radius 2 is 1.07 bits per heavy atom. The molecule has 5 heteroatoms. The van der Waals surface area contributed by atoms with Gasteiger partial charge in [0, 0.05) is 11.5 Å². The van der Waals surface area contributed by atoms with E-state index in [1.807, 2.05) is 52.0 Å². The largest absolute Gasteiger partial charge is 0.507 e. The topological polar surface area (TPSA) is 90.2 Å². The summed E-state index contributed by atoms with van der Waals surface area (Å²) < 4.78 is 5.19. The first-order chi connectivity index (χ1) is 13.6. The van der Waals surface area contributed by atoms with Gasteiger partial charge < -0.3 is 25.2 Å². The lowest BCUT2D eigenvalue weighted by Gasteiger charge is -2.24. The van der Waals surface area contributed by atoms with E-state index < -0.39 is 5.92 Å². The molecule has 0 aromatic heterocycles. The minimum atomic E-state index is -0.402. The minimum Gasteiger partial charge on any atom is -0.507 e. The maximum absolute atomic E-state index is 10.9. The predicted molar refractivity (Wildman–Crippen MR) is 112 cm³/mol. The number of aryl methyl sites for hydroxylation is 4. The molecule has 3 aromatic rings. The highest BCUT2D eigenvalue weighted by molar-refractivity contribution is 5.61. The van der Waals surface area contributed by atoms with Gasteiger partial charge in [-0.05, 0) is 67.1 Å². The maximum atomic E-state index is 10.9. The van der Waals surface area contributed by atoms with Crippen molar-refractivity contribution >= 4 is 0 Å². The number of phenolic OH excluding ortho intramolecular Hbond substituents is 4. The van der Waals surface area contributed by atoms with E-state index in [9.17, 15) is 20.4 Å². The van der Waals surface area contributed by atoms with Gasteiger partial charge in [0.25, 0.3) is 0 Å². The summed E-state index contributed by atoms with van der Waals surface area (Å²) in [6, 6.07) is 10.7. The predicted octanol–water partition coefficient (Wildman–Crippen LogP) is 4.93. The van der Waals surface area contributed by atoms with E-state index >= 15 is 0 Å². The molecule has 0 atom stereocenters. The van der Waals surface area contributed by atoms with Crippen LogP contribution in [0.15, 0.2) is 36.4 Å². The van der Waals surface area contributed by atoms with Crippen LogP contribution in [0.3, 0.4) is 0 Å². The van der Waals surface area contributed by atoms with Crippen molar-refractivity contribution in [2.75, 3.05) is 7.11 Å². The SMILES string of the molecule is COc1c(O)ccc(C(c2cc(C)c(O)c(C)c2)c2cc(C)c(O)c(C)c2)c1O. The smallest absolute Gasteiger partial charge is 0.203 e. The lowest BCUT2D eigenvalue weighted by Crippen LogP contribution is -2.06. The molecule has 3 rings (SSSR count).